The first-order chi connectivity index (χ1) is 8.65. The Morgan fingerprint density at radius 1 is 1.44 bits per heavy atom. The highest BCUT2D eigenvalue weighted by molar-refractivity contribution is 5.69. The number of aryl methyl sites for hydroxylation is 1. The summed E-state index contributed by atoms with van der Waals surface area (Å²) in [5, 5.41) is 3.88. The Balaban J connectivity index is 2.30. The van der Waals surface area contributed by atoms with Gasteiger partial charge in [0.1, 0.15) is 0 Å². The summed E-state index contributed by atoms with van der Waals surface area (Å²) < 4.78 is 9.98. The number of hydrogen-bond donors (Lipinski definition) is 0. The van der Waals surface area contributed by atoms with E-state index in [1.165, 1.54) is 0 Å². The molecule has 102 valence electrons. The lowest BCUT2D eigenvalue weighted by Gasteiger charge is -2.12. The molecule has 0 aliphatic heterocycles. The Hall–Kier alpha value is -1.43. The minimum absolute atomic E-state index is 0.179. The van der Waals surface area contributed by atoms with Gasteiger partial charge in [-0.25, -0.2) is 0 Å². The van der Waals surface area contributed by atoms with Crippen molar-refractivity contribution in [3.05, 3.63) is 11.7 Å². The standard InChI is InChI=1S/C12H21N3O3/c1-4-6-10-13-11(18-14-10)9-15(3)8-7-12(16)17-5-2/h4-9H2,1-3H3. The SMILES string of the molecule is CCCc1noc(CN(C)CCC(=O)OCC)n1. The number of hydrogen-bond acceptors (Lipinski definition) is 6. The Bertz CT molecular complexity index is 365. The van der Waals surface area contributed by atoms with Crippen molar-refractivity contribution in [1.82, 2.24) is 15.0 Å². The van der Waals surface area contributed by atoms with Crippen LogP contribution in [0, 0.1) is 0 Å². The Morgan fingerprint density at radius 2 is 2.22 bits per heavy atom. The molecule has 1 rings (SSSR count). The summed E-state index contributed by atoms with van der Waals surface area (Å²) in [6.45, 7) is 5.46. The van der Waals surface area contributed by atoms with E-state index in [2.05, 4.69) is 17.1 Å². The average Bonchev–Trinajstić information content (AvgIpc) is 2.75. The Labute approximate surface area is 107 Å². The summed E-state index contributed by atoms with van der Waals surface area (Å²) in [6, 6.07) is 0. The normalized spacial score (nSPS) is 10.9. The molecule has 0 amide bonds. The molecule has 0 aromatic carbocycles. The largest absolute Gasteiger partial charge is 0.466 e. The van der Waals surface area contributed by atoms with Gasteiger partial charge >= 0.3 is 5.97 Å². The fourth-order valence-electron chi connectivity index (χ4n) is 1.50. The van der Waals surface area contributed by atoms with Crippen LogP contribution in [0.3, 0.4) is 0 Å². The van der Waals surface area contributed by atoms with Gasteiger partial charge in [0, 0.05) is 13.0 Å². The molecule has 0 spiro atoms. The molecule has 0 saturated carbocycles. The molecule has 0 aliphatic carbocycles. The summed E-state index contributed by atoms with van der Waals surface area (Å²) in [7, 11) is 1.91. The molecule has 0 saturated heterocycles. The van der Waals surface area contributed by atoms with E-state index in [4.69, 9.17) is 9.26 Å². The molecule has 6 nitrogen and oxygen atoms in total. The molecule has 0 N–H and O–H groups in total. The zero-order valence-corrected chi connectivity index (χ0v) is 11.3. The van der Waals surface area contributed by atoms with Crippen LogP contribution in [0.2, 0.25) is 0 Å². The summed E-state index contributed by atoms with van der Waals surface area (Å²) >= 11 is 0. The van der Waals surface area contributed by atoms with Crippen LogP contribution in [0.5, 0.6) is 0 Å². The lowest BCUT2D eigenvalue weighted by atomic mass is 10.3. The van der Waals surface area contributed by atoms with Crippen LogP contribution >= 0.6 is 0 Å². The van der Waals surface area contributed by atoms with Crippen molar-refractivity contribution < 1.29 is 14.1 Å². The number of carbonyl (C=O) groups is 1. The topological polar surface area (TPSA) is 68.5 Å². The quantitative estimate of drug-likeness (QED) is 0.654. The molecule has 0 aliphatic rings. The van der Waals surface area contributed by atoms with E-state index in [1.807, 2.05) is 11.9 Å². The van der Waals surface area contributed by atoms with Crippen LogP contribution in [0.25, 0.3) is 0 Å². The van der Waals surface area contributed by atoms with Crippen molar-refractivity contribution in [2.75, 3.05) is 20.2 Å². The number of esters is 1. The van der Waals surface area contributed by atoms with E-state index >= 15 is 0 Å². The Morgan fingerprint density at radius 3 is 2.89 bits per heavy atom. The van der Waals surface area contributed by atoms with Crippen LogP contribution in [-0.2, 0) is 22.5 Å². The third kappa shape index (κ3) is 5.27. The first kappa shape index (κ1) is 14.6. The third-order valence-electron chi connectivity index (χ3n) is 2.39. The number of aromatic nitrogens is 2. The molecular formula is C12H21N3O3. The minimum atomic E-state index is -0.179. The smallest absolute Gasteiger partial charge is 0.307 e. The van der Waals surface area contributed by atoms with Crippen LogP contribution in [0.15, 0.2) is 4.52 Å². The molecule has 0 radical (unpaired) electrons. The van der Waals surface area contributed by atoms with E-state index < -0.39 is 0 Å². The molecule has 0 fully saturated rings. The van der Waals surface area contributed by atoms with Crippen molar-refractivity contribution in [2.45, 2.75) is 39.7 Å². The van der Waals surface area contributed by atoms with Gasteiger partial charge in [-0.1, -0.05) is 12.1 Å². The summed E-state index contributed by atoms with van der Waals surface area (Å²) in [4.78, 5) is 17.4. The minimum Gasteiger partial charge on any atom is -0.466 e. The van der Waals surface area contributed by atoms with Crippen molar-refractivity contribution >= 4 is 5.97 Å². The summed E-state index contributed by atoms with van der Waals surface area (Å²) in [5.41, 5.74) is 0. The number of carbonyl (C=O) groups excluding carboxylic acids is 1. The molecule has 0 bridgehead atoms. The maximum Gasteiger partial charge on any atom is 0.307 e. The second-order valence-electron chi connectivity index (χ2n) is 4.15. The van der Waals surface area contributed by atoms with Crippen LogP contribution in [-0.4, -0.2) is 41.2 Å². The van der Waals surface area contributed by atoms with Crippen LogP contribution < -0.4 is 0 Å². The van der Waals surface area contributed by atoms with Crippen LogP contribution in [0.4, 0.5) is 0 Å². The van der Waals surface area contributed by atoms with Gasteiger partial charge in [-0.2, -0.15) is 4.98 Å². The average molecular weight is 255 g/mol. The van der Waals surface area contributed by atoms with E-state index in [9.17, 15) is 4.79 Å². The van der Waals surface area contributed by atoms with E-state index in [0.717, 1.165) is 18.7 Å². The number of nitrogens with zero attached hydrogens (tertiary/aromatic N) is 3. The van der Waals surface area contributed by atoms with E-state index in [-0.39, 0.29) is 5.97 Å². The second-order valence-corrected chi connectivity index (χ2v) is 4.15. The van der Waals surface area contributed by atoms with E-state index in [1.54, 1.807) is 6.92 Å². The van der Waals surface area contributed by atoms with Crippen molar-refractivity contribution in [2.24, 2.45) is 0 Å². The molecule has 0 unspecified atom stereocenters. The first-order valence-corrected chi connectivity index (χ1v) is 6.31. The second kappa shape index (κ2) is 7.81. The first-order valence-electron chi connectivity index (χ1n) is 6.31. The monoisotopic (exact) mass is 255 g/mol. The van der Waals surface area contributed by atoms with Gasteiger partial charge in [-0.05, 0) is 20.4 Å². The zero-order chi connectivity index (χ0) is 13.4. The number of rotatable bonds is 8. The van der Waals surface area contributed by atoms with Gasteiger partial charge in [0.2, 0.25) is 5.89 Å². The zero-order valence-electron chi connectivity index (χ0n) is 11.3. The molecule has 1 heterocycles. The molecule has 0 atom stereocenters. The Kier molecular flexibility index (Phi) is 6.35. The van der Waals surface area contributed by atoms with Gasteiger partial charge in [-0.15, -0.1) is 0 Å². The van der Waals surface area contributed by atoms with Gasteiger partial charge in [0.15, 0.2) is 5.82 Å². The molecular weight excluding hydrogens is 234 g/mol. The lowest BCUT2D eigenvalue weighted by molar-refractivity contribution is -0.143. The molecule has 1 aromatic rings. The predicted molar refractivity (Wildman–Crippen MR) is 65.9 cm³/mol. The summed E-state index contributed by atoms with van der Waals surface area (Å²) in [5.74, 6) is 1.15. The maximum atomic E-state index is 11.2. The fourth-order valence-corrected chi connectivity index (χ4v) is 1.50. The predicted octanol–water partition coefficient (Wildman–Crippen LogP) is 1.41. The van der Waals surface area contributed by atoms with Crippen molar-refractivity contribution in [3.8, 4) is 0 Å². The molecule has 1 aromatic heterocycles. The molecule has 18 heavy (non-hydrogen) atoms. The third-order valence-corrected chi connectivity index (χ3v) is 2.39. The fraction of sp³-hybridized carbons (Fsp3) is 0.750. The molecule has 6 heteroatoms. The highest BCUT2D eigenvalue weighted by Crippen LogP contribution is 2.03. The summed E-state index contributed by atoms with van der Waals surface area (Å²) in [6.07, 6.45) is 2.20. The van der Waals surface area contributed by atoms with Crippen LogP contribution in [0.1, 0.15) is 38.4 Å². The van der Waals surface area contributed by atoms with Gasteiger partial charge in [0.25, 0.3) is 0 Å². The maximum absolute atomic E-state index is 11.2. The van der Waals surface area contributed by atoms with Gasteiger partial charge in [0.05, 0.1) is 19.6 Å². The van der Waals surface area contributed by atoms with Crippen molar-refractivity contribution in [1.29, 1.82) is 0 Å². The number of ether oxygens (including phenoxy) is 1. The highest BCUT2D eigenvalue weighted by atomic mass is 16.5. The highest BCUT2D eigenvalue weighted by Gasteiger charge is 2.10. The van der Waals surface area contributed by atoms with Gasteiger partial charge in [-0.3, -0.25) is 9.69 Å². The van der Waals surface area contributed by atoms with E-state index in [0.29, 0.717) is 32.0 Å². The van der Waals surface area contributed by atoms with Crippen molar-refractivity contribution in [3.63, 3.8) is 0 Å². The lowest BCUT2D eigenvalue weighted by Crippen LogP contribution is -2.22. The van der Waals surface area contributed by atoms with Gasteiger partial charge < -0.3 is 9.26 Å².